The number of ether oxygens (including phenoxy) is 1. The number of para-hydroxylation sites is 1. The van der Waals surface area contributed by atoms with E-state index in [4.69, 9.17) is 4.74 Å². The van der Waals surface area contributed by atoms with Gasteiger partial charge in [0.05, 0.1) is 17.9 Å². The van der Waals surface area contributed by atoms with E-state index in [2.05, 4.69) is 6.92 Å². The number of alkyl halides is 3. The summed E-state index contributed by atoms with van der Waals surface area (Å²) in [4.78, 5) is 12.1. The number of sulfonamides is 1. The molecule has 0 bridgehead atoms. The smallest absolute Gasteiger partial charge is 0.462 e. The molecule has 1 aromatic carbocycles. The van der Waals surface area contributed by atoms with Crippen LogP contribution in [0, 0.1) is 0 Å². The predicted molar refractivity (Wildman–Crippen MR) is 107 cm³/mol. The molecule has 0 radical (unpaired) electrons. The topological polar surface area (TPSA) is 72.5 Å². The van der Waals surface area contributed by atoms with Crippen molar-refractivity contribution in [2.75, 3.05) is 11.3 Å². The van der Waals surface area contributed by atoms with E-state index in [1.807, 2.05) is 0 Å². The number of nitrogens with one attached hydrogen (secondary N) is 1. The van der Waals surface area contributed by atoms with Gasteiger partial charge in [-0.3, -0.25) is 4.72 Å². The van der Waals surface area contributed by atoms with Gasteiger partial charge in [-0.2, -0.15) is 21.6 Å². The largest absolute Gasteiger partial charge is 0.516 e. The Bertz CT molecular complexity index is 721. The highest BCUT2D eigenvalue weighted by Gasteiger charge is 2.46. The summed E-state index contributed by atoms with van der Waals surface area (Å²) in [5.74, 6) is -0.860. The highest BCUT2D eigenvalue weighted by Crippen LogP contribution is 2.27. The summed E-state index contributed by atoms with van der Waals surface area (Å²) in [5, 5.41) is 0. The lowest BCUT2D eigenvalue weighted by Crippen LogP contribution is -2.30. The lowest BCUT2D eigenvalue weighted by atomic mass is 10.1. The highest BCUT2D eigenvalue weighted by atomic mass is 32.2. The minimum absolute atomic E-state index is 0.135. The first-order valence-corrected chi connectivity index (χ1v) is 11.5. The molecule has 0 amide bonds. The van der Waals surface area contributed by atoms with Crippen LogP contribution in [-0.2, 0) is 14.8 Å². The summed E-state index contributed by atoms with van der Waals surface area (Å²) >= 11 is 0. The average molecular weight is 438 g/mol. The Hall–Kier alpha value is -1.77. The van der Waals surface area contributed by atoms with Gasteiger partial charge >= 0.3 is 21.5 Å². The van der Waals surface area contributed by atoms with Crippen molar-refractivity contribution >= 4 is 21.7 Å². The Morgan fingerprint density at radius 2 is 1.45 bits per heavy atom. The van der Waals surface area contributed by atoms with E-state index in [1.165, 1.54) is 61.4 Å². The number of unbranched alkanes of at least 4 members (excludes halogenated alkanes) is 9. The van der Waals surface area contributed by atoms with Gasteiger partial charge in [-0.1, -0.05) is 76.8 Å². The fourth-order valence-electron chi connectivity index (χ4n) is 2.78. The van der Waals surface area contributed by atoms with E-state index in [0.29, 0.717) is 6.42 Å². The number of hydrogen-bond acceptors (Lipinski definition) is 4. The van der Waals surface area contributed by atoms with Crippen LogP contribution >= 0.6 is 0 Å². The fraction of sp³-hybridized carbons (Fsp3) is 0.650. The highest BCUT2D eigenvalue weighted by molar-refractivity contribution is 7.93. The fourth-order valence-corrected chi connectivity index (χ4v) is 3.37. The third kappa shape index (κ3) is 9.51. The molecule has 0 fully saturated rings. The Balaban J connectivity index is 2.35. The molecule has 0 aliphatic carbocycles. The second-order valence-corrected chi connectivity index (χ2v) is 8.59. The van der Waals surface area contributed by atoms with Crippen LogP contribution in [0.4, 0.5) is 18.9 Å². The summed E-state index contributed by atoms with van der Waals surface area (Å²) < 4.78 is 66.6. The van der Waals surface area contributed by atoms with Crippen LogP contribution < -0.4 is 4.72 Å². The zero-order valence-electron chi connectivity index (χ0n) is 16.8. The van der Waals surface area contributed by atoms with Gasteiger partial charge in [-0.15, -0.1) is 0 Å². The van der Waals surface area contributed by atoms with Crippen LogP contribution in [0.25, 0.3) is 0 Å². The summed E-state index contributed by atoms with van der Waals surface area (Å²) in [6.07, 6.45) is 11.2. The second kappa shape index (κ2) is 12.7. The van der Waals surface area contributed by atoms with Crippen molar-refractivity contribution in [1.29, 1.82) is 0 Å². The first-order valence-electron chi connectivity index (χ1n) is 10.0. The average Bonchev–Trinajstić information content (AvgIpc) is 2.65. The molecule has 0 aliphatic rings. The number of halogens is 3. The number of carbonyl (C=O) groups excluding carboxylic acids is 1. The number of esters is 1. The zero-order valence-corrected chi connectivity index (χ0v) is 17.6. The van der Waals surface area contributed by atoms with Crippen molar-refractivity contribution in [3.05, 3.63) is 29.8 Å². The van der Waals surface area contributed by atoms with Crippen LogP contribution in [0.15, 0.2) is 24.3 Å². The minimum Gasteiger partial charge on any atom is -0.462 e. The standard InChI is InChI=1S/C20H30F3NO4S/c1-2-3-4-5-6-7-8-9-10-13-16-28-19(25)17-14-11-12-15-18(17)24-29(26,27)20(21,22)23/h11-12,14-15,24H,2-10,13,16H2,1H3. The van der Waals surface area contributed by atoms with E-state index in [9.17, 15) is 26.4 Å². The Labute approximate surface area is 171 Å². The maximum atomic E-state index is 12.5. The van der Waals surface area contributed by atoms with Gasteiger partial charge < -0.3 is 4.74 Å². The second-order valence-electron chi connectivity index (χ2n) is 6.91. The molecule has 5 nitrogen and oxygen atoms in total. The number of carbonyl (C=O) groups is 1. The predicted octanol–water partition coefficient (Wildman–Crippen LogP) is 6.03. The summed E-state index contributed by atoms with van der Waals surface area (Å²) in [6.45, 7) is 2.32. The third-order valence-electron chi connectivity index (χ3n) is 4.43. The van der Waals surface area contributed by atoms with Crippen LogP contribution in [-0.4, -0.2) is 26.5 Å². The van der Waals surface area contributed by atoms with E-state index in [1.54, 1.807) is 0 Å². The van der Waals surface area contributed by atoms with Crippen LogP contribution in [0.1, 0.15) is 81.5 Å². The van der Waals surface area contributed by atoms with Crippen LogP contribution in [0.3, 0.4) is 0 Å². The molecule has 29 heavy (non-hydrogen) atoms. The minimum atomic E-state index is -5.61. The molecule has 1 aromatic rings. The Morgan fingerprint density at radius 3 is 2.00 bits per heavy atom. The molecule has 0 aromatic heterocycles. The van der Waals surface area contributed by atoms with E-state index in [-0.39, 0.29) is 12.2 Å². The lowest BCUT2D eigenvalue weighted by Gasteiger charge is -2.13. The van der Waals surface area contributed by atoms with Gasteiger partial charge in [0.1, 0.15) is 0 Å². The molecule has 166 valence electrons. The van der Waals surface area contributed by atoms with E-state index >= 15 is 0 Å². The molecule has 1 N–H and O–H groups in total. The van der Waals surface area contributed by atoms with Gasteiger partial charge in [0, 0.05) is 0 Å². The Morgan fingerprint density at radius 1 is 0.931 bits per heavy atom. The molecule has 0 saturated heterocycles. The maximum absolute atomic E-state index is 12.5. The maximum Gasteiger partial charge on any atom is 0.516 e. The van der Waals surface area contributed by atoms with Crippen molar-refractivity contribution in [3.63, 3.8) is 0 Å². The molecule has 9 heteroatoms. The molecule has 0 atom stereocenters. The zero-order chi connectivity index (χ0) is 21.8. The van der Waals surface area contributed by atoms with Crippen molar-refractivity contribution in [3.8, 4) is 0 Å². The molecular formula is C20H30F3NO4S. The third-order valence-corrected chi connectivity index (χ3v) is 5.53. The Kier molecular flexibility index (Phi) is 11.1. The SMILES string of the molecule is CCCCCCCCCCCCOC(=O)c1ccccc1NS(=O)(=O)C(F)(F)F. The normalized spacial score (nSPS) is 12.0. The van der Waals surface area contributed by atoms with E-state index < -0.39 is 27.2 Å². The van der Waals surface area contributed by atoms with Gasteiger partial charge in [0.15, 0.2) is 0 Å². The first-order chi connectivity index (χ1) is 13.7. The van der Waals surface area contributed by atoms with Crippen molar-refractivity contribution in [1.82, 2.24) is 0 Å². The molecular weight excluding hydrogens is 407 g/mol. The van der Waals surface area contributed by atoms with Crippen molar-refractivity contribution in [2.45, 2.75) is 76.6 Å². The van der Waals surface area contributed by atoms with Crippen LogP contribution in [0.2, 0.25) is 0 Å². The molecule has 0 spiro atoms. The number of benzene rings is 1. The molecule has 0 aliphatic heterocycles. The summed E-state index contributed by atoms with van der Waals surface area (Å²) in [5.41, 5.74) is -6.19. The summed E-state index contributed by atoms with van der Waals surface area (Å²) in [6, 6.07) is 5.05. The van der Waals surface area contributed by atoms with Crippen molar-refractivity contribution < 1.29 is 31.1 Å². The molecule has 0 heterocycles. The van der Waals surface area contributed by atoms with Crippen molar-refractivity contribution in [2.24, 2.45) is 0 Å². The number of anilines is 1. The number of rotatable bonds is 14. The lowest BCUT2D eigenvalue weighted by molar-refractivity contribution is -0.0429. The molecule has 0 saturated carbocycles. The van der Waals surface area contributed by atoms with Gasteiger partial charge in [0.2, 0.25) is 0 Å². The first kappa shape index (κ1) is 25.3. The number of hydrogen-bond donors (Lipinski definition) is 1. The monoisotopic (exact) mass is 437 g/mol. The van der Waals surface area contributed by atoms with Crippen LogP contribution in [0.5, 0.6) is 0 Å². The molecule has 0 unspecified atom stereocenters. The molecule has 1 rings (SSSR count). The quantitative estimate of drug-likeness (QED) is 0.285. The summed E-state index contributed by atoms with van der Waals surface area (Å²) in [7, 11) is -5.61. The van der Waals surface area contributed by atoms with E-state index in [0.717, 1.165) is 25.3 Å². The van der Waals surface area contributed by atoms with Gasteiger partial charge in [0.25, 0.3) is 0 Å². The van der Waals surface area contributed by atoms with Gasteiger partial charge in [-0.05, 0) is 18.6 Å². The van der Waals surface area contributed by atoms with Gasteiger partial charge in [-0.25, -0.2) is 4.79 Å².